The zero-order valence-corrected chi connectivity index (χ0v) is 16.7. The topological polar surface area (TPSA) is 95.2 Å². The van der Waals surface area contributed by atoms with E-state index in [1.54, 1.807) is 0 Å². The Morgan fingerprint density at radius 2 is 1.62 bits per heavy atom. The highest BCUT2D eigenvalue weighted by molar-refractivity contribution is 6.27. The second-order valence-electron chi connectivity index (χ2n) is 6.92. The highest BCUT2D eigenvalue weighted by Crippen LogP contribution is 2.10. The van der Waals surface area contributed by atoms with Gasteiger partial charge in [0.2, 0.25) is 0 Å². The fourth-order valence-electron chi connectivity index (χ4n) is 3.11. The highest BCUT2D eigenvalue weighted by atomic mass is 16.5. The Bertz CT molecular complexity index is 745. The number of aromatic nitrogens is 1. The molecular formula is C21H29N3O5. The number of ether oxygens (including phenoxy) is 1. The average molecular weight is 403 g/mol. The summed E-state index contributed by atoms with van der Waals surface area (Å²) < 4.78 is 7.80. The number of carbonyl (C=O) groups is 2. The zero-order valence-electron chi connectivity index (χ0n) is 16.7. The third-order valence-corrected chi connectivity index (χ3v) is 4.59. The van der Waals surface area contributed by atoms with Gasteiger partial charge in [-0.05, 0) is 24.7 Å². The van der Waals surface area contributed by atoms with Gasteiger partial charge in [-0.1, -0.05) is 30.3 Å². The van der Waals surface area contributed by atoms with Crippen molar-refractivity contribution in [3.05, 3.63) is 59.9 Å². The normalized spacial score (nSPS) is 14.3. The summed E-state index contributed by atoms with van der Waals surface area (Å²) in [6, 6.07) is 15.1. The van der Waals surface area contributed by atoms with E-state index in [0.29, 0.717) is 0 Å². The summed E-state index contributed by atoms with van der Waals surface area (Å²) in [7, 11) is 2.19. The van der Waals surface area contributed by atoms with Gasteiger partial charge in [-0.3, -0.25) is 9.80 Å². The molecule has 0 amide bonds. The molecule has 1 aromatic carbocycles. The van der Waals surface area contributed by atoms with Gasteiger partial charge in [0, 0.05) is 51.2 Å². The molecule has 0 atom stereocenters. The van der Waals surface area contributed by atoms with E-state index >= 15 is 0 Å². The van der Waals surface area contributed by atoms with Gasteiger partial charge < -0.3 is 19.5 Å². The molecule has 29 heavy (non-hydrogen) atoms. The predicted molar refractivity (Wildman–Crippen MR) is 109 cm³/mol. The van der Waals surface area contributed by atoms with Gasteiger partial charge in [0.1, 0.15) is 0 Å². The summed E-state index contributed by atoms with van der Waals surface area (Å²) in [5.41, 5.74) is 2.75. The Balaban J connectivity index is 0.000000438. The van der Waals surface area contributed by atoms with Crippen LogP contribution in [-0.2, 0) is 34.0 Å². The summed E-state index contributed by atoms with van der Waals surface area (Å²) in [6.07, 6.45) is 2.20. The predicted octanol–water partition coefficient (Wildman–Crippen LogP) is 1.61. The van der Waals surface area contributed by atoms with E-state index in [9.17, 15) is 0 Å². The number of nitrogens with zero attached hydrogens (tertiary/aromatic N) is 3. The second-order valence-corrected chi connectivity index (χ2v) is 6.92. The molecule has 2 heterocycles. The molecule has 3 rings (SSSR count). The smallest absolute Gasteiger partial charge is 0.414 e. The molecule has 2 N–H and O–H groups in total. The van der Waals surface area contributed by atoms with Crippen molar-refractivity contribution in [3.8, 4) is 0 Å². The van der Waals surface area contributed by atoms with Gasteiger partial charge in [-0.2, -0.15) is 0 Å². The van der Waals surface area contributed by atoms with Crippen molar-refractivity contribution in [1.29, 1.82) is 0 Å². The maximum absolute atomic E-state index is 9.10. The molecule has 8 nitrogen and oxygen atoms in total. The molecule has 0 radical (unpaired) electrons. The van der Waals surface area contributed by atoms with E-state index in [0.717, 1.165) is 52.5 Å². The largest absolute Gasteiger partial charge is 0.473 e. The summed E-state index contributed by atoms with van der Waals surface area (Å²) in [6.45, 7) is 7.99. The highest BCUT2D eigenvalue weighted by Gasteiger charge is 2.11. The maximum Gasteiger partial charge on any atom is 0.414 e. The molecule has 158 valence electrons. The first-order valence-corrected chi connectivity index (χ1v) is 9.58. The molecule has 0 bridgehead atoms. The fourth-order valence-corrected chi connectivity index (χ4v) is 3.11. The summed E-state index contributed by atoms with van der Waals surface area (Å²) in [5.74, 6) is -3.65. The van der Waals surface area contributed by atoms with Crippen LogP contribution in [0.25, 0.3) is 0 Å². The Morgan fingerprint density at radius 1 is 0.966 bits per heavy atom. The monoisotopic (exact) mass is 403 g/mol. The van der Waals surface area contributed by atoms with Crippen LogP contribution in [0.5, 0.6) is 0 Å². The zero-order chi connectivity index (χ0) is 21.1. The van der Waals surface area contributed by atoms with E-state index in [4.69, 9.17) is 24.5 Å². The van der Waals surface area contributed by atoms with Crippen molar-refractivity contribution in [2.45, 2.75) is 19.6 Å². The fraction of sp³-hybridized carbons (Fsp3) is 0.429. The molecule has 1 saturated heterocycles. The average Bonchev–Trinajstić information content (AvgIpc) is 3.15. The van der Waals surface area contributed by atoms with Crippen LogP contribution in [0.3, 0.4) is 0 Å². The molecule has 2 aromatic rings. The maximum atomic E-state index is 9.10. The number of hydrogen-bond donors (Lipinski definition) is 2. The Morgan fingerprint density at radius 3 is 2.24 bits per heavy atom. The second kappa shape index (κ2) is 12.0. The third-order valence-electron chi connectivity index (χ3n) is 4.59. The first-order valence-electron chi connectivity index (χ1n) is 9.58. The van der Waals surface area contributed by atoms with Crippen molar-refractivity contribution in [2.24, 2.45) is 0 Å². The molecule has 1 aromatic heterocycles. The number of benzene rings is 1. The number of hydrogen-bond acceptors (Lipinski definition) is 5. The van der Waals surface area contributed by atoms with Gasteiger partial charge in [-0.25, -0.2) is 9.59 Å². The molecular weight excluding hydrogens is 374 g/mol. The Kier molecular flexibility index (Phi) is 9.36. The molecule has 0 saturated carbocycles. The minimum Gasteiger partial charge on any atom is -0.473 e. The lowest BCUT2D eigenvalue weighted by Crippen LogP contribution is -2.38. The van der Waals surface area contributed by atoms with E-state index in [2.05, 4.69) is 70.1 Å². The number of aliphatic carboxylic acids is 2. The molecule has 8 heteroatoms. The van der Waals surface area contributed by atoms with Gasteiger partial charge in [0.05, 0.1) is 13.2 Å². The van der Waals surface area contributed by atoms with Crippen molar-refractivity contribution in [1.82, 2.24) is 14.4 Å². The van der Waals surface area contributed by atoms with Gasteiger partial charge >= 0.3 is 11.9 Å². The van der Waals surface area contributed by atoms with Gasteiger partial charge in [-0.15, -0.1) is 0 Å². The summed E-state index contributed by atoms with van der Waals surface area (Å²) >= 11 is 0. The van der Waals surface area contributed by atoms with Crippen LogP contribution in [-0.4, -0.2) is 76.4 Å². The first kappa shape index (κ1) is 22.6. The van der Waals surface area contributed by atoms with Crippen LogP contribution in [0.15, 0.2) is 48.7 Å². The quantitative estimate of drug-likeness (QED) is 0.678. The van der Waals surface area contributed by atoms with Crippen LogP contribution in [0.1, 0.15) is 11.3 Å². The molecule has 0 spiro atoms. The van der Waals surface area contributed by atoms with Crippen molar-refractivity contribution in [3.63, 3.8) is 0 Å². The van der Waals surface area contributed by atoms with E-state index < -0.39 is 11.9 Å². The standard InChI is InChI=1S/C19H27N3O.C2H2O4/c1-20(16-18-6-3-2-4-7-18)17-19-8-5-9-22(19)11-10-21-12-14-23-15-13-21;3-1(4)2(5)6/h2-9H,10-17H2,1H3;(H,3,4)(H,5,6). The van der Waals surface area contributed by atoms with Gasteiger partial charge in [0.25, 0.3) is 0 Å². The molecule has 1 fully saturated rings. The number of carboxylic acid groups (broad SMARTS) is 2. The van der Waals surface area contributed by atoms with Crippen LogP contribution in [0, 0.1) is 0 Å². The molecule has 0 unspecified atom stereocenters. The van der Waals surface area contributed by atoms with Crippen LogP contribution >= 0.6 is 0 Å². The number of carboxylic acids is 2. The summed E-state index contributed by atoms with van der Waals surface area (Å²) in [5, 5.41) is 14.8. The lowest BCUT2D eigenvalue weighted by atomic mass is 10.2. The molecule has 0 aliphatic carbocycles. The third kappa shape index (κ3) is 8.47. The first-order chi connectivity index (χ1) is 14.0. The Hall–Kier alpha value is -2.68. The lowest BCUT2D eigenvalue weighted by Gasteiger charge is -2.27. The van der Waals surface area contributed by atoms with Crippen molar-refractivity contribution in [2.75, 3.05) is 39.9 Å². The Labute approximate surface area is 170 Å². The lowest BCUT2D eigenvalue weighted by molar-refractivity contribution is -0.159. The van der Waals surface area contributed by atoms with E-state index in [1.165, 1.54) is 11.3 Å². The van der Waals surface area contributed by atoms with Crippen molar-refractivity contribution < 1.29 is 24.5 Å². The molecule has 1 aliphatic heterocycles. The van der Waals surface area contributed by atoms with Crippen LogP contribution < -0.4 is 0 Å². The van der Waals surface area contributed by atoms with E-state index in [1.807, 2.05) is 0 Å². The molecule has 1 aliphatic rings. The number of rotatable bonds is 7. The minimum atomic E-state index is -1.82. The van der Waals surface area contributed by atoms with Crippen molar-refractivity contribution >= 4 is 11.9 Å². The number of morpholine rings is 1. The van der Waals surface area contributed by atoms with Crippen LogP contribution in [0.2, 0.25) is 0 Å². The van der Waals surface area contributed by atoms with Gasteiger partial charge in [0.15, 0.2) is 0 Å². The van der Waals surface area contributed by atoms with Crippen LogP contribution in [0.4, 0.5) is 0 Å². The SMILES string of the molecule is CN(Cc1ccccc1)Cc1cccn1CCN1CCOCC1.O=C(O)C(=O)O. The summed E-state index contributed by atoms with van der Waals surface area (Å²) in [4.78, 5) is 23.1. The minimum absolute atomic E-state index is 0.873. The van der Waals surface area contributed by atoms with E-state index in [-0.39, 0.29) is 0 Å².